The topological polar surface area (TPSA) is 66.5 Å². The van der Waals surface area contributed by atoms with Crippen LogP contribution in [0.4, 0.5) is 11.4 Å². The maximum atomic E-state index is 13.0. The average molecular weight is 408 g/mol. The molecule has 3 amide bonds. The van der Waals surface area contributed by atoms with E-state index in [1.165, 1.54) is 4.90 Å². The summed E-state index contributed by atoms with van der Waals surface area (Å²) >= 11 is 0. The van der Waals surface area contributed by atoms with Crippen LogP contribution in [0.2, 0.25) is 0 Å². The molecule has 3 aromatic rings. The van der Waals surface area contributed by atoms with E-state index in [-0.39, 0.29) is 41.4 Å². The molecule has 5 nitrogen and oxygen atoms in total. The first kappa shape index (κ1) is 18.1. The van der Waals surface area contributed by atoms with E-state index in [0.29, 0.717) is 11.3 Å². The zero-order valence-electron chi connectivity index (χ0n) is 16.7. The van der Waals surface area contributed by atoms with Gasteiger partial charge in [-0.1, -0.05) is 48.6 Å². The fraction of sp³-hybridized carbons (Fsp3) is 0.192. The van der Waals surface area contributed by atoms with Gasteiger partial charge in [-0.3, -0.25) is 19.3 Å². The minimum Gasteiger partial charge on any atom is -0.321 e. The van der Waals surface area contributed by atoms with E-state index >= 15 is 0 Å². The Kier molecular flexibility index (Phi) is 3.87. The highest BCUT2D eigenvalue weighted by Gasteiger charge is 2.59. The lowest BCUT2D eigenvalue weighted by Gasteiger charge is -2.17. The summed E-state index contributed by atoms with van der Waals surface area (Å²) < 4.78 is 0. The minimum atomic E-state index is -0.235. The summed E-state index contributed by atoms with van der Waals surface area (Å²) in [6.07, 6.45) is 5.08. The predicted molar refractivity (Wildman–Crippen MR) is 119 cm³/mol. The molecule has 2 bridgehead atoms. The molecule has 1 aliphatic heterocycles. The minimum absolute atomic E-state index is 0.111. The second-order valence-electron chi connectivity index (χ2n) is 8.54. The predicted octanol–water partition coefficient (Wildman–Crippen LogP) is 4.40. The maximum absolute atomic E-state index is 13.0. The van der Waals surface area contributed by atoms with E-state index in [0.717, 1.165) is 22.9 Å². The molecule has 1 saturated carbocycles. The number of rotatable bonds is 3. The van der Waals surface area contributed by atoms with Crippen molar-refractivity contribution < 1.29 is 14.4 Å². The molecule has 31 heavy (non-hydrogen) atoms. The number of hydrogen-bond acceptors (Lipinski definition) is 3. The zero-order chi connectivity index (χ0) is 21.1. The van der Waals surface area contributed by atoms with E-state index in [4.69, 9.17) is 0 Å². The Hall–Kier alpha value is -3.73. The molecule has 3 aromatic carbocycles. The van der Waals surface area contributed by atoms with Crippen LogP contribution in [-0.4, -0.2) is 17.7 Å². The smallest absolute Gasteiger partial charge is 0.255 e. The van der Waals surface area contributed by atoms with Crippen molar-refractivity contribution >= 4 is 39.9 Å². The first-order chi connectivity index (χ1) is 15.1. The normalized spacial score (nSPS) is 26.0. The lowest BCUT2D eigenvalue weighted by Crippen LogP contribution is -2.32. The third kappa shape index (κ3) is 2.66. The summed E-state index contributed by atoms with van der Waals surface area (Å²) in [4.78, 5) is 40.0. The number of nitrogens with one attached hydrogen (secondary N) is 1. The standard InChI is InChI=1S/C26H20N2O3/c29-24(27-21-7-3-5-15-4-1-2-6-20(15)21)16-10-12-19(13-11-16)28-25(30)22-17-8-9-18(14-17)23(22)26(28)31/h1-13,17-18,22-23H,14H2,(H,27,29)/t17-,18+,22+,23-. The van der Waals surface area contributed by atoms with E-state index in [1.54, 1.807) is 24.3 Å². The molecule has 0 unspecified atom stereocenters. The van der Waals surface area contributed by atoms with Crippen molar-refractivity contribution in [2.75, 3.05) is 10.2 Å². The number of nitrogens with zero attached hydrogens (tertiary/aromatic N) is 1. The van der Waals surface area contributed by atoms with Gasteiger partial charge in [0.15, 0.2) is 0 Å². The number of hydrogen-bond donors (Lipinski definition) is 1. The number of allylic oxidation sites excluding steroid dienone is 2. The first-order valence-corrected chi connectivity index (χ1v) is 10.6. The summed E-state index contributed by atoms with van der Waals surface area (Å²) in [5, 5.41) is 4.99. The number of amides is 3. The number of anilines is 2. The van der Waals surface area contributed by atoms with Gasteiger partial charge in [-0.25, -0.2) is 0 Å². The summed E-state index contributed by atoms with van der Waals surface area (Å²) in [5.41, 5.74) is 1.75. The third-order valence-electron chi connectivity index (χ3n) is 6.90. The summed E-state index contributed by atoms with van der Waals surface area (Å²) in [7, 11) is 0. The fourth-order valence-electron chi connectivity index (χ4n) is 5.45. The zero-order valence-corrected chi connectivity index (χ0v) is 16.7. The van der Waals surface area contributed by atoms with Gasteiger partial charge in [0.2, 0.25) is 11.8 Å². The molecular weight excluding hydrogens is 388 g/mol. The highest BCUT2D eigenvalue weighted by molar-refractivity contribution is 6.23. The van der Waals surface area contributed by atoms with Crippen LogP contribution in [0.5, 0.6) is 0 Å². The Morgan fingerprint density at radius 2 is 1.45 bits per heavy atom. The number of benzene rings is 3. The lowest BCUT2D eigenvalue weighted by atomic mass is 9.85. The van der Waals surface area contributed by atoms with E-state index in [2.05, 4.69) is 17.5 Å². The third-order valence-corrected chi connectivity index (χ3v) is 6.90. The van der Waals surface area contributed by atoms with Gasteiger partial charge in [-0.2, -0.15) is 0 Å². The Bertz CT molecular complexity index is 1240. The largest absolute Gasteiger partial charge is 0.321 e. The van der Waals surface area contributed by atoms with E-state index in [9.17, 15) is 14.4 Å². The fourth-order valence-corrected chi connectivity index (χ4v) is 5.45. The van der Waals surface area contributed by atoms with Crippen LogP contribution in [0.15, 0.2) is 78.9 Å². The van der Waals surface area contributed by atoms with Crippen LogP contribution in [0.1, 0.15) is 16.8 Å². The average Bonchev–Trinajstić information content (AvgIpc) is 3.48. The second-order valence-corrected chi connectivity index (χ2v) is 8.54. The lowest BCUT2D eigenvalue weighted by molar-refractivity contribution is -0.123. The Morgan fingerprint density at radius 1 is 0.806 bits per heavy atom. The molecule has 0 radical (unpaired) electrons. The molecule has 2 fully saturated rings. The van der Waals surface area contributed by atoms with Crippen LogP contribution in [0.3, 0.4) is 0 Å². The van der Waals surface area contributed by atoms with Gasteiger partial charge >= 0.3 is 0 Å². The molecule has 2 aliphatic carbocycles. The van der Waals surface area contributed by atoms with Crippen LogP contribution in [-0.2, 0) is 9.59 Å². The number of imide groups is 1. The van der Waals surface area contributed by atoms with Gasteiger partial charge in [0.1, 0.15) is 0 Å². The molecule has 5 heteroatoms. The van der Waals surface area contributed by atoms with Gasteiger partial charge in [0.05, 0.1) is 17.5 Å². The highest BCUT2D eigenvalue weighted by Crippen LogP contribution is 2.53. The second kappa shape index (κ2) is 6.64. The number of fused-ring (bicyclic) bond motifs is 6. The molecule has 1 heterocycles. The van der Waals surface area contributed by atoms with Gasteiger partial charge < -0.3 is 5.32 Å². The van der Waals surface area contributed by atoms with Crippen molar-refractivity contribution in [3.05, 3.63) is 84.4 Å². The van der Waals surface area contributed by atoms with Crippen LogP contribution < -0.4 is 10.2 Å². The molecule has 1 N–H and O–H groups in total. The van der Waals surface area contributed by atoms with Crippen molar-refractivity contribution in [1.29, 1.82) is 0 Å². The molecular formula is C26H20N2O3. The first-order valence-electron chi connectivity index (χ1n) is 10.6. The monoisotopic (exact) mass is 408 g/mol. The van der Waals surface area contributed by atoms with Gasteiger partial charge in [-0.05, 0) is 54.0 Å². The maximum Gasteiger partial charge on any atom is 0.255 e. The Morgan fingerprint density at radius 3 is 2.16 bits per heavy atom. The summed E-state index contributed by atoms with van der Waals surface area (Å²) in [6, 6.07) is 20.3. The quantitative estimate of drug-likeness (QED) is 0.516. The van der Waals surface area contributed by atoms with E-state index in [1.807, 2.05) is 42.5 Å². The molecule has 3 aliphatic rings. The summed E-state index contributed by atoms with van der Waals surface area (Å²) in [5.74, 6) is -0.543. The van der Waals surface area contributed by atoms with Crippen LogP contribution in [0, 0.1) is 23.7 Å². The van der Waals surface area contributed by atoms with Crippen molar-refractivity contribution in [3.63, 3.8) is 0 Å². The molecule has 0 spiro atoms. The SMILES string of the molecule is O=C(Nc1cccc2ccccc12)c1ccc(N2C(=O)[C@@H]3[C@H](C2=O)[C@H]2C=C[C@@H]3C2)cc1. The molecule has 0 aromatic heterocycles. The number of carbonyl (C=O) groups is 3. The van der Waals surface area contributed by atoms with E-state index < -0.39 is 0 Å². The van der Waals surface area contributed by atoms with Crippen LogP contribution >= 0.6 is 0 Å². The van der Waals surface area contributed by atoms with Gasteiger partial charge in [0.25, 0.3) is 5.91 Å². The highest BCUT2D eigenvalue weighted by atomic mass is 16.2. The van der Waals surface area contributed by atoms with Gasteiger partial charge in [0, 0.05) is 16.6 Å². The molecule has 152 valence electrons. The molecule has 6 rings (SSSR count). The van der Waals surface area contributed by atoms with Crippen LogP contribution in [0.25, 0.3) is 10.8 Å². The van der Waals surface area contributed by atoms with Crippen molar-refractivity contribution in [2.24, 2.45) is 23.7 Å². The van der Waals surface area contributed by atoms with Crippen molar-refractivity contribution in [3.8, 4) is 0 Å². The summed E-state index contributed by atoms with van der Waals surface area (Å²) in [6.45, 7) is 0. The number of carbonyl (C=O) groups excluding carboxylic acids is 3. The van der Waals surface area contributed by atoms with Gasteiger partial charge in [-0.15, -0.1) is 0 Å². The molecule has 1 saturated heterocycles. The van der Waals surface area contributed by atoms with Crippen molar-refractivity contribution in [2.45, 2.75) is 6.42 Å². The van der Waals surface area contributed by atoms with Crippen molar-refractivity contribution in [1.82, 2.24) is 0 Å². The Labute approximate surface area is 179 Å². The Balaban J connectivity index is 1.24. The molecule has 4 atom stereocenters.